The van der Waals surface area contributed by atoms with Gasteiger partial charge in [-0.3, -0.25) is 0 Å². The van der Waals surface area contributed by atoms with Crippen molar-refractivity contribution in [2.24, 2.45) is 11.3 Å². The van der Waals surface area contributed by atoms with Crippen molar-refractivity contribution < 1.29 is 14.6 Å². The Morgan fingerprint density at radius 3 is 2.39 bits per heavy atom. The molecule has 1 amide bonds. The fourth-order valence-corrected chi connectivity index (χ4v) is 3.72. The van der Waals surface area contributed by atoms with Gasteiger partial charge in [0.05, 0.1) is 11.6 Å². The van der Waals surface area contributed by atoms with E-state index in [0.717, 1.165) is 19.3 Å². The number of carbonyl (C=O) groups is 1. The smallest absolute Gasteiger partial charge is 0.408 e. The van der Waals surface area contributed by atoms with Crippen LogP contribution in [0.1, 0.15) is 53.9 Å². The summed E-state index contributed by atoms with van der Waals surface area (Å²) in [5, 5.41) is 13.3. The largest absolute Gasteiger partial charge is 0.444 e. The molecule has 0 unspecified atom stereocenters. The number of amides is 1. The zero-order valence-electron chi connectivity index (χ0n) is 12.0. The Balaban J connectivity index is 2.14. The van der Waals surface area contributed by atoms with Gasteiger partial charge in [0.25, 0.3) is 0 Å². The van der Waals surface area contributed by atoms with Crippen molar-refractivity contribution in [1.29, 1.82) is 0 Å². The van der Waals surface area contributed by atoms with Crippen molar-refractivity contribution >= 4 is 6.09 Å². The molecule has 2 aliphatic rings. The molecule has 2 bridgehead atoms. The van der Waals surface area contributed by atoms with Crippen molar-refractivity contribution in [3.63, 3.8) is 0 Å². The van der Waals surface area contributed by atoms with Crippen molar-refractivity contribution in [2.75, 3.05) is 0 Å². The van der Waals surface area contributed by atoms with Crippen molar-refractivity contribution in [3.05, 3.63) is 0 Å². The van der Waals surface area contributed by atoms with E-state index in [1.54, 1.807) is 0 Å². The molecule has 0 spiro atoms. The van der Waals surface area contributed by atoms with Gasteiger partial charge in [0.15, 0.2) is 0 Å². The van der Waals surface area contributed by atoms with Crippen LogP contribution in [0.3, 0.4) is 0 Å². The van der Waals surface area contributed by atoms with Crippen molar-refractivity contribution in [3.8, 4) is 0 Å². The van der Waals surface area contributed by atoms with E-state index in [9.17, 15) is 9.90 Å². The molecule has 3 atom stereocenters. The number of carbonyl (C=O) groups excluding carboxylic acids is 1. The SMILES string of the molecule is CC(C)(C)OC(=O)N[C@@]12CC[C@H](C[C@@H]1O)C2(C)C. The lowest BCUT2D eigenvalue weighted by Crippen LogP contribution is -2.60. The molecule has 18 heavy (non-hydrogen) atoms. The maximum Gasteiger partial charge on any atom is 0.408 e. The average Bonchev–Trinajstić information content (AvgIpc) is 2.47. The summed E-state index contributed by atoms with van der Waals surface area (Å²) in [7, 11) is 0. The minimum Gasteiger partial charge on any atom is -0.444 e. The van der Waals surface area contributed by atoms with Crippen LogP contribution in [0, 0.1) is 11.3 Å². The van der Waals surface area contributed by atoms with Gasteiger partial charge in [-0.2, -0.15) is 0 Å². The second-order valence-electron chi connectivity index (χ2n) is 7.31. The lowest BCUT2D eigenvalue weighted by atomic mass is 9.75. The highest BCUT2D eigenvalue weighted by Gasteiger charge is 2.64. The number of alkyl carbamates (subject to hydrolysis) is 1. The predicted molar refractivity (Wildman–Crippen MR) is 69.2 cm³/mol. The summed E-state index contributed by atoms with van der Waals surface area (Å²) in [6.07, 6.45) is 1.81. The molecule has 4 heteroatoms. The molecule has 2 saturated carbocycles. The zero-order chi connectivity index (χ0) is 13.8. The highest BCUT2D eigenvalue weighted by atomic mass is 16.6. The molecule has 2 fully saturated rings. The third-order valence-electron chi connectivity index (χ3n) is 4.86. The Bertz CT molecular complexity index is 359. The molecule has 0 aromatic heterocycles. The van der Waals surface area contributed by atoms with Crippen LogP contribution in [0.2, 0.25) is 0 Å². The Labute approximate surface area is 109 Å². The van der Waals surface area contributed by atoms with Gasteiger partial charge in [0, 0.05) is 0 Å². The monoisotopic (exact) mass is 255 g/mol. The van der Waals surface area contributed by atoms with E-state index in [4.69, 9.17) is 4.74 Å². The van der Waals surface area contributed by atoms with E-state index in [0.29, 0.717) is 5.92 Å². The van der Waals surface area contributed by atoms with E-state index >= 15 is 0 Å². The number of fused-ring (bicyclic) bond motifs is 2. The summed E-state index contributed by atoms with van der Waals surface area (Å²) < 4.78 is 5.33. The molecule has 2 rings (SSSR count). The molecular weight excluding hydrogens is 230 g/mol. The topological polar surface area (TPSA) is 58.6 Å². The number of hydrogen-bond acceptors (Lipinski definition) is 3. The quantitative estimate of drug-likeness (QED) is 0.756. The van der Waals surface area contributed by atoms with Crippen LogP contribution in [-0.4, -0.2) is 28.4 Å². The Hall–Kier alpha value is -0.770. The van der Waals surface area contributed by atoms with Crippen LogP contribution in [0.15, 0.2) is 0 Å². The van der Waals surface area contributed by atoms with Gasteiger partial charge in [-0.25, -0.2) is 4.79 Å². The van der Waals surface area contributed by atoms with E-state index in [2.05, 4.69) is 19.2 Å². The second kappa shape index (κ2) is 3.86. The van der Waals surface area contributed by atoms with Gasteiger partial charge in [0.2, 0.25) is 0 Å². The van der Waals surface area contributed by atoms with Gasteiger partial charge in [0.1, 0.15) is 5.60 Å². The molecule has 2 aliphatic carbocycles. The van der Waals surface area contributed by atoms with Gasteiger partial charge < -0.3 is 15.2 Å². The van der Waals surface area contributed by atoms with Crippen molar-refractivity contribution in [2.45, 2.75) is 71.1 Å². The third-order valence-corrected chi connectivity index (χ3v) is 4.86. The van der Waals surface area contributed by atoms with Crippen molar-refractivity contribution in [1.82, 2.24) is 5.32 Å². The summed E-state index contributed by atoms with van der Waals surface area (Å²) in [5.41, 5.74) is -1.09. The van der Waals surface area contributed by atoms with Crippen LogP contribution in [-0.2, 0) is 4.74 Å². The van der Waals surface area contributed by atoms with Crippen LogP contribution >= 0.6 is 0 Å². The molecule has 104 valence electrons. The summed E-state index contributed by atoms with van der Waals surface area (Å²) in [6, 6.07) is 0. The molecular formula is C14H25NO3. The normalized spacial score (nSPS) is 37.7. The number of ether oxygens (including phenoxy) is 1. The summed E-state index contributed by atoms with van der Waals surface area (Å²) >= 11 is 0. The fourth-order valence-electron chi connectivity index (χ4n) is 3.72. The van der Waals surface area contributed by atoms with Gasteiger partial charge in [-0.1, -0.05) is 13.8 Å². The maximum absolute atomic E-state index is 12.0. The highest BCUT2D eigenvalue weighted by molar-refractivity contribution is 5.69. The van der Waals surface area contributed by atoms with Crippen LogP contribution < -0.4 is 5.32 Å². The summed E-state index contributed by atoms with van der Waals surface area (Å²) in [5.74, 6) is 0.488. The third kappa shape index (κ3) is 1.91. The molecule has 0 aromatic carbocycles. The standard InChI is InChI=1S/C14H25NO3/c1-12(2,3)18-11(17)15-14-7-6-9(8-10(14)16)13(14,4)5/h9-10,16H,6-8H2,1-5H3,(H,15,17)/t9-,10+,14+/m1/s1. The number of rotatable bonds is 1. The van der Waals surface area contributed by atoms with E-state index in [1.807, 2.05) is 20.8 Å². The molecule has 0 aliphatic heterocycles. The fraction of sp³-hybridized carbons (Fsp3) is 0.929. The summed E-state index contributed by atoms with van der Waals surface area (Å²) in [6.45, 7) is 9.81. The minimum atomic E-state index is -0.514. The molecule has 0 saturated heterocycles. The first-order valence-electron chi connectivity index (χ1n) is 6.78. The Kier molecular flexibility index (Phi) is 2.93. The van der Waals surface area contributed by atoms with E-state index in [-0.39, 0.29) is 5.41 Å². The second-order valence-corrected chi connectivity index (χ2v) is 7.31. The Morgan fingerprint density at radius 2 is 2.00 bits per heavy atom. The number of nitrogens with one attached hydrogen (secondary N) is 1. The molecule has 2 N–H and O–H groups in total. The first kappa shape index (κ1) is 13.7. The first-order chi connectivity index (χ1) is 8.08. The van der Waals surface area contributed by atoms with Crippen LogP contribution in [0.4, 0.5) is 4.79 Å². The predicted octanol–water partition coefficient (Wildman–Crippen LogP) is 2.45. The zero-order valence-corrected chi connectivity index (χ0v) is 12.0. The lowest BCUT2D eigenvalue weighted by molar-refractivity contribution is 0.00882. The van der Waals surface area contributed by atoms with Gasteiger partial charge in [-0.05, 0) is 51.4 Å². The Morgan fingerprint density at radius 1 is 1.39 bits per heavy atom. The minimum absolute atomic E-state index is 0.0661. The maximum atomic E-state index is 12.0. The summed E-state index contributed by atoms with van der Waals surface area (Å²) in [4.78, 5) is 12.0. The molecule has 0 radical (unpaired) electrons. The van der Waals surface area contributed by atoms with E-state index in [1.165, 1.54) is 0 Å². The average molecular weight is 255 g/mol. The highest BCUT2D eigenvalue weighted by Crippen LogP contribution is 2.60. The molecule has 4 nitrogen and oxygen atoms in total. The number of hydrogen-bond donors (Lipinski definition) is 2. The number of aliphatic hydroxyl groups excluding tert-OH is 1. The number of aliphatic hydroxyl groups is 1. The van der Waals surface area contributed by atoms with Crippen LogP contribution in [0.25, 0.3) is 0 Å². The first-order valence-corrected chi connectivity index (χ1v) is 6.78. The molecule has 0 heterocycles. The van der Waals surface area contributed by atoms with E-state index < -0.39 is 23.3 Å². The van der Waals surface area contributed by atoms with Gasteiger partial charge >= 0.3 is 6.09 Å². The van der Waals surface area contributed by atoms with Gasteiger partial charge in [-0.15, -0.1) is 0 Å². The lowest BCUT2D eigenvalue weighted by Gasteiger charge is -2.41. The van der Waals surface area contributed by atoms with Crippen LogP contribution in [0.5, 0.6) is 0 Å². The molecule has 0 aromatic rings.